The van der Waals surface area contributed by atoms with Crippen molar-refractivity contribution in [3.8, 4) is 0 Å². The van der Waals surface area contributed by atoms with Crippen LogP contribution >= 0.6 is 0 Å². The number of rotatable bonds is 9. The van der Waals surface area contributed by atoms with E-state index in [0.717, 1.165) is 11.0 Å². The highest BCUT2D eigenvalue weighted by atomic mass is 16.4. The summed E-state index contributed by atoms with van der Waals surface area (Å²) in [4.78, 5) is 64.9. The number of amides is 3. The third kappa shape index (κ3) is 6.23. The average Bonchev–Trinajstić information content (AvgIpc) is 3.50. The van der Waals surface area contributed by atoms with Crippen LogP contribution in [0.2, 0.25) is 0 Å². The number of amidine groups is 1. The van der Waals surface area contributed by atoms with Crippen LogP contribution in [0.25, 0.3) is 0 Å². The molecule has 0 radical (unpaired) electrons. The summed E-state index contributed by atoms with van der Waals surface area (Å²) in [5.41, 5.74) is 11.7. The number of nitrogens with two attached hydrogens (primary N) is 2. The van der Waals surface area contributed by atoms with Crippen molar-refractivity contribution < 1.29 is 38.6 Å². The van der Waals surface area contributed by atoms with Gasteiger partial charge in [0, 0.05) is 24.6 Å². The monoisotopic (exact) mass is 517 g/mol. The number of imide groups is 1. The molecule has 13 heteroatoms. The minimum atomic E-state index is -1.21. The number of hydrogen-bond acceptors (Lipinski definition) is 8. The van der Waals surface area contributed by atoms with Gasteiger partial charge in [0.15, 0.2) is 17.4 Å². The van der Waals surface area contributed by atoms with Crippen LogP contribution in [0.1, 0.15) is 66.8 Å². The van der Waals surface area contributed by atoms with Crippen LogP contribution in [0.3, 0.4) is 0 Å². The highest BCUT2D eigenvalue weighted by molar-refractivity contribution is 6.07. The molecule has 37 heavy (non-hydrogen) atoms. The number of hydrogen-bond donors (Lipinski definition) is 5. The summed E-state index contributed by atoms with van der Waals surface area (Å²) in [5, 5.41) is 26.2. The van der Waals surface area contributed by atoms with Gasteiger partial charge in [-0.15, -0.1) is 0 Å². The van der Waals surface area contributed by atoms with Crippen LogP contribution in [0.5, 0.6) is 0 Å². The highest BCUT2D eigenvalue weighted by Gasteiger charge is 2.43. The number of nitrogens with one attached hydrogen (secondary N) is 1. The van der Waals surface area contributed by atoms with Gasteiger partial charge in [-0.05, 0) is 50.2 Å². The average molecular weight is 518 g/mol. The van der Waals surface area contributed by atoms with Crippen molar-refractivity contribution in [1.82, 2.24) is 9.80 Å². The second-order valence-electron chi connectivity index (χ2n) is 9.05. The summed E-state index contributed by atoms with van der Waals surface area (Å²) in [5.74, 6) is -5.36. The molecule has 1 unspecified atom stereocenters. The maximum absolute atomic E-state index is 13.9. The first-order valence-electron chi connectivity index (χ1n) is 12.0. The first-order valence-corrected chi connectivity index (χ1v) is 12.0. The Labute approximate surface area is 212 Å². The fourth-order valence-corrected chi connectivity index (χ4v) is 4.94. The van der Waals surface area contributed by atoms with Crippen molar-refractivity contribution in [2.24, 2.45) is 11.5 Å². The lowest BCUT2D eigenvalue weighted by molar-refractivity contribution is -0.142. The molecule has 1 aliphatic carbocycles. The number of aliphatic carboxylic acids is 2. The summed E-state index contributed by atoms with van der Waals surface area (Å²) in [6.07, 6.45) is 3.46. The van der Waals surface area contributed by atoms with E-state index in [9.17, 15) is 29.1 Å². The van der Waals surface area contributed by atoms with E-state index < -0.39 is 47.6 Å². The molecule has 0 bridgehead atoms. The SMILES string of the molecule is N=C(N)c1oc(C(=O)N(C(=O)[C@@H]2CCCN2C(=O)CN)C2CCCCC2=CC(=O)O)cc1CCC(=O)O. The predicted octanol–water partition coefficient (Wildman–Crippen LogP) is 0.453. The molecule has 2 fully saturated rings. The summed E-state index contributed by atoms with van der Waals surface area (Å²) >= 11 is 0. The summed E-state index contributed by atoms with van der Waals surface area (Å²) in [6, 6.07) is -0.585. The zero-order chi connectivity index (χ0) is 27.3. The molecule has 1 aliphatic heterocycles. The number of nitrogens with zero attached hydrogens (tertiary/aromatic N) is 2. The number of aryl methyl sites for hydroxylation is 1. The molecule has 1 saturated heterocycles. The predicted molar refractivity (Wildman–Crippen MR) is 129 cm³/mol. The van der Waals surface area contributed by atoms with Gasteiger partial charge in [-0.1, -0.05) is 6.42 Å². The first-order chi connectivity index (χ1) is 17.5. The molecule has 2 atom stereocenters. The van der Waals surface area contributed by atoms with E-state index in [-0.39, 0.29) is 36.5 Å². The van der Waals surface area contributed by atoms with Crippen molar-refractivity contribution >= 4 is 35.5 Å². The number of carbonyl (C=O) groups is 5. The van der Waals surface area contributed by atoms with Crippen molar-refractivity contribution in [1.29, 1.82) is 5.41 Å². The van der Waals surface area contributed by atoms with Gasteiger partial charge in [0.05, 0.1) is 12.6 Å². The number of furan rings is 1. The normalized spacial score (nSPS) is 20.6. The van der Waals surface area contributed by atoms with Crippen LogP contribution in [-0.4, -0.2) is 80.7 Å². The van der Waals surface area contributed by atoms with Gasteiger partial charge >= 0.3 is 11.9 Å². The second-order valence-corrected chi connectivity index (χ2v) is 9.05. The van der Waals surface area contributed by atoms with Crippen LogP contribution in [0.15, 0.2) is 22.1 Å². The number of likely N-dealkylation sites (tertiary alicyclic amines) is 1. The van der Waals surface area contributed by atoms with Gasteiger partial charge in [-0.3, -0.25) is 29.5 Å². The van der Waals surface area contributed by atoms with Gasteiger partial charge in [0.2, 0.25) is 5.91 Å². The number of nitrogen functional groups attached to an aromatic ring is 1. The number of carbonyl (C=O) groups excluding carboxylic acids is 3. The Hall–Kier alpha value is -4.00. The molecule has 200 valence electrons. The lowest BCUT2D eigenvalue weighted by Crippen LogP contribution is -2.55. The minimum Gasteiger partial charge on any atom is -0.481 e. The van der Waals surface area contributed by atoms with Gasteiger partial charge < -0.3 is 31.0 Å². The van der Waals surface area contributed by atoms with E-state index in [1.165, 1.54) is 11.0 Å². The Balaban J connectivity index is 2.07. The molecule has 7 N–H and O–H groups in total. The molecule has 2 aliphatic rings. The molecular weight excluding hydrogens is 486 g/mol. The highest BCUT2D eigenvalue weighted by Crippen LogP contribution is 2.32. The van der Waals surface area contributed by atoms with E-state index in [4.69, 9.17) is 26.4 Å². The minimum absolute atomic E-state index is 0.0655. The van der Waals surface area contributed by atoms with Gasteiger partial charge in [-0.25, -0.2) is 4.79 Å². The zero-order valence-corrected chi connectivity index (χ0v) is 20.3. The van der Waals surface area contributed by atoms with E-state index in [1.54, 1.807) is 0 Å². The summed E-state index contributed by atoms with van der Waals surface area (Å²) in [7, 11) is 0. The molecule has 3 amide bonds. The van der Waals surface area contributed by atoms with Crippen molar-refractivity contribution in [2.75, 3.05) is 13.1 Å². The lowest BCUT2D eigenvalue weighted by atomic mass is 9.87. The Bertz CT molecular complexity index is 1140. The Morgan fingerprint density at radius 1 is 1.16 bits per heavy atom. The molecule has 0 aromatic carbocycles. The van der Waals surface area contributed by atoms with Gasteiger partial charge in [0.1, 0.15) is 6.04 Å². The largest absolute Gasteiger partial charge is 0.481 e. The molecule has 1 saturated carbocycles. The molecule has 2 heterocycles. The molecule has 13 nitrogen and oxygen atoms in total. The molecule has 0 spiro atoms. The summed E-state index contributed by atoms with van der Waals surface area (Å²) < 4.78 is 5.54. The number of carboxylic acid groups (broad SMARTS) is 2. The van der Waals surface area contributed by atoms with Crippen LogP contribution in [0.4, 0.5) is 0 Å². The first kappa shape index (κ1) is 27.6. The Morgan fingerprint density at radius 2 is 1.89 bits per heavy atom. The van der Waals surface area contributed by atoms with Crippen LogP contribution < -0.4 is 11.5 Å². The summed E-state index contributed by atoms with van der Waals surface area (Å²) in [6.45, 7) is -0.00997. The quantitative estimate of drug-likeness (QED) is 0.132. The zero-order valence-electron chi connectivity index (χ0n) is 20.3. The van der Waals surface area contributed by atoms with Gasteiger partial charge in [-0.2, -0.15) is 0 Å². The van der Waals surface area contributed by atoms with E-state index >= 15 is 0 Å². The third-order valence-electron chi connectivity index (χ3n) is 6.60. The molecule has 1 aromatic heterocycles. The van der Waals surface area contributed by atoms with E-state index in [0.29, 0.717) is 50.6 Å². The smallest absolute Gasteiger partial charge is 0.328 e. The van der Waals surface area contributed by atoms with Crippen LogP contribution in [-0.2, 0) is 25.6 Å². The van der Waals surface area contributed by atoms with Crippen molar-refractivity contribution in [2.45, 2.75) is 63.5 Å². The van der Waals surface area contributed by atoms with E-state index in [2.05, 4.69) is 0 Å². The molecule has 3 rings (SSSR count). The fraction of sp³-hybridized carbons (Fsp3) is 0.500. The third-order valence-corrected chi connectivity index (χ3v) is 6.60. The number of carboxylic acids is 2. The Kier molecular flexibility index (Phi) is 8.81. The van der Waals surface area contributed by atoms with Gasteiger partial charge in [0.25, 0.3) is 11.8 Å². The van der Waals surface area contributed by atoms with Crippen LogP contribution in [0, 0.1) is 5.41 Å². The maximum Gasteiger partial charge on any atom is 0.328 e. The van der Waals surface area contributed by atoms with Crippen molar-refractivity contribution in [3.63, 3.8) is 0 Å². The Morgan fingerprint density at radius 3 is 2.51 bits per heavy atom. The van der Waals surface area contributed by atoms with Crippen molar-refractivity contribution in [3.05, 3.63) is 34.8 Å². The fourth-order valence-electron chi connectivity index (χ4n) is 4.94. The molecular formula is C24H31N5O8. The van der Waals surface area contributed by atoms with E-state index in [1.807, 2.05) is 0 Å². The standard InChI is InChI=1S/C24H31N5O8/c25-12-18(30)28-9-3-6-16(28)23(35)29(15-5-2-1-4-13(15)11-20(33)34)24(36)17-10-14(7-8-19(31)32)21(37-17)22(26)27/h10-11,15-16H,1-9,12,25H2,(H3,26,27)(H,31,32)(H,33,34)/t15?,16-/m0/s1. The molecule has 1 aromatic rings. The lowest BCUT2D eigenvalue weighted by Gasteiger charge is -2.37. The topological polar surface area (TPSA) is 221 Å². The maximum atomic E-state index is 13.9. The second kappa shape index (κ2) is 11.8.